The molecule has 2 aromatic heterocycles. The highest BCUT2D eigenvalue weighted by molar-refractivity contribution is 7.90. The van der Waals surface area contributed by atoms with Crippen molar-refractivity contribution in [3.63, 3.8) is 0 Å². The van der Waals surface area contributed by atoms with Crippen molar-refractivity contribution in [2.45, 2.75) is 37.1 Å². The Balaban J connectivity index is 1.44. The summed E-state index contributed by atoms with van der Waals surface area (Å²) in [6, 6.07) is 0.183. The van der Waals surface area contributed by atoms with Crippen LogP contribution in [0.4, 0.5) is 0 Å². The molecule has 2 aliphatic rings. The van der Waals surface area contributed by atoms with E-state index in [-0.39, 0.29) is 11.3 Å². The van der Waals surface area contributed by atoms with Gasteiger partial charge < -0.3 is 4.98 Å². The van der Waals surface area contributed by atoms with Gasteiger partial charge in [0.15, 0.2) is 5.65 Å². The molecule has 0 bridgehead atoms. The maximum atomic E-state index is 12.3. The quantitative estimate of drug-likeness (QED) is 0.842. The summed E-state index contributed by atoms with van der Waals surface area (Å²) >= 11 is 0. The fourth-order valence-electron chi connectivity index (χ4n) is 2.99. The summed E-state index contributed by atoms with van der Waals surface area (Å²) in [4.78, 5) is 13.9. The number of hydrogen-bond acceptors (Lipinski definition) is 5. The monoisotopic (exact) mass is 321 g/mol. The summed E-state index contributed by atoms with van der Waals surface area (Å²) in [7, 11) is -3.18. The van der Waals surface area contributed by atoms with Crippen LogP contribution in [0.3, 0.4) is 0 Å². The Labute approximate surface area is 129 Å². The molecule has 22 heavy (non-hydrogen) atoms. The van der Waals surface area contributed by atoms with Crippen LogP contribution in [0.25, 0.3) is 11.2 Å². The van der Waals surface area contributed by atoms with E-state index < -0.39 is 10.0 Å². The Kier molecular flexibility index (Phi) is 3.39. The third-order valence-corrected chi connectivity index (χ3v) is 6.28. The fourth-order valence-corrected chi connectivity index (χ4v) is 4.70. The second-order valence-electron chi connectivity index (χ2n) is 6.15. The Morgan fingerprint density at radius 3 is 2.91 bits per heavy atom. The van der Waals surface area contributed by atoms with Gasteiger partial charge in [-0.05, 0) is 25.8 Å². The van der Waals surface area contributed by atoms with Gasteiger partial charge in [-0.1, -0.05) is 0 Å². The molecule has 118 valence electrons. The lowest BCUT2D eigenvalue weighted by Gasteiger charge is -2.16. The third kappa shape index (κ3) is 2.73. The van der Waals surface area contributed by atoms with E-state index in [1.807, 2.05) is 6.20 Å². The van der Waals surface area contributed by atoms with Crippen LogP contribution in [-0.4, -0.2) is 52.7 Å². The molecule has 0 aromatic carbocycles. The molecule has 8 heteroatoms. The van der Waals surface area contributed by atoms with Crippen molar-refractivity contribution < 1.29 is 8.42 Å². The van der Waals surface area contributed by atoms with Crippen LogP contribution >= 0.6 is 0 Å². The highest BCUT2D eigenvalue weighted by atomic mass is 32.2. The van der Waals surface area contributed by atoms with Crippen LogP contribution in [0.1, 0.15) is 24.8 Å². The van der Waals surface area contributed by atoms with E-state index >= 15 is 0 Å². The summed E-state index contributed by atoms with van der Waals surface area (Å²) in [6.07, 6.45) is 7.89. The molecule has 2 fully saturated rings. The number of fused-ring (bicyclic) bond motifs is 1. The normalized spacial score (nSPS) is 23.4. The minimum atomic E-state index is -3.18. The van der Waals surface area contributed by atoms with E-state index in [1.165, 1.54) is 0 Å². The molecule has 1 saturated heterocycles. The van der Waals surface area contributed by atoms with Crippen molar-refractivity contribution in [1.29, 1.82) is 0 Å². The van der Waals surface area contributed by atoms with E-state index in [4.69, 9.17) is 0 Å². The predicted octanol–water partition coefficient (Wildman–Crippen LogP) is 0.614. The van der Waals surface area contributed by atoms with E-state index in [0.717, 1.165) is 36.1 Å². The molecular formula is C14H19N5O2S. The second kappa shape index (κ2) is 5.29. The third-order valence-electron chi connectivity index (χ3n) is 4.36. The Morgan fingerprint density at radius 2 is 2.09 bits per heavy atom. The number of hydrogen-bond donors (Lipinski definition) is 2. The first kappa shape index (κ1) is 14.1. The van der Waals surface area contributed by atoms with E-state index in [1.54, 1.807) is 12.4 Å². The van der Waals surface area contributed by atoms with Crippen molar-refractivity contribution in [3.8, 4) is 0 Å². The van der Waals surface area contributed by atoms with Crippen molar-refractivity contribution in [2.75, 3.05) is 13.1 Å². The molecule has 1 saturated carbocycles. The van der Waals surface area contributed by atoms with E-state index in [0.29, 0.717) is 19.5 Å². The van der Waals surface area contributed by atoms with Gasteiger partial charge in [-0.3, -0.25) is 9.88 Å². The lowest BCUT2D eigenvalue weighted by atomic mass is 10.3. The summed E-state index contributed by atoms with van der Waals surface area (Å²) in [5, 5.41) is -0.301. The molecular weight excluding hydrogens is 302 g/mol. The molecule has 2 aromatic rings. The molecule has 3 heterocycles. The molecule has 0 amide bonds. The molecule has 1 unspecified atom stereocenters. The maximum absolute atomic E-state index is 12.3. The average Bonchev–Trinajstić information content (AvgIpc) is 3.02. The number of rotatable bonds is 5. The highest BCUT2D eigenvalue weighted by Gasteiger charge is 2.36. The van der Waals surface area contributed by atoms with Crippen molar-refractivity contribution in [2.24, 2.45) is 0 Å². The summed E-state index contributed by atoms with van der Waals surface area (Å²) in [6.45, 7) is 2.08. The Morgan fingerprint density at radius 1 is 1.27 bits per heavy atom. The van der Waals surface area contributed by atoms with Gasteiger partial charge in [-0.2, -0.15) is 0 Å². The van der Waals surface area contributed by atoms with Crippen LogP contribution in [0.5, 0.6) is 0 Å². The molecule has 1 atom stereocenters. The average molecular weight is 321 g/mol. The molecule has 0 radical (unpaired) electrons. The number of H-pyrrole nitrogens is 1. The first-order valence-corrected chi connectivity index (χ1v) is 9.17. The van der Waals surface area contributed by atoms with Crippen LogP contribution < -0.4 is 4.72 Å². The SMILES string of the molecule is O=S(=O)(NC1CC1)C1CCN(Cc2c[nH]c3nccnc23)C1. The number of nitrogens with zero attached hydrogens (tertiary/aromatic N) is 3. The van der Waals surface area contributed by atoms with Gasteiger partial charge in [-0.15, -0.1) is 0 Å². The van der Waals surface area contributed by atoms with Gasteiger partial charge in [0.1, 0.15) is 5.52 Å². The predicted molar refractivity (Wildman–Crippen MR) is 82.6 cm³/mol. The maximum Gasteiger partial charge on any atom is 0.216 e. The smallest absolute Gasteiger partial charge is 0.216 e. The standard InChI is InChI=1S/C14H19N5O2S/c20-22(21,18-11-1-2-11)12-3-6-19(9-12)8-10-7-17-14-13(10)15-4-5-16-14/h4-5,7,11-12,18H,1-3,6,8-9H2,(H,16,17). The molecule has 4 rings (SSSR count). The molecule has 1 aliphatic carbocycles. The molecule has 0 spiro atoms. The second-order valence-corrected chi connectivity index (χ2v) is 8.14. The first-order chi connectivity index (χ1) is 10.6. The van der Waals surface area contributed by atoms with Crippen LogP contribution in [0, 0.1) is 0 Å². The van der Waals surface area contributed by atoms with Crippen molar-refractivity contribution in [3.05, 3.63) is 24.2 Å². The summed E-state index contributed by atoms with van der Waals surface area (Å²) < 4.78 is 27.4. The fraction of sp³-hybridized carbons (Fsp3) is 0.571. The Bertz CT molecular complexity index is 783. The van der Waals surface area contributed by atoms with Crippen LogP contribution in [-0.2, 0) is 16.6 Å². The molecule has 1 aliphatic heterocycles. The summed E-state index contributed by atoms with van der Waals surface area (Å²) in [5.74, 6) is 0. The minimum absolute atomic E-state index is 0.183. The van der Waals surface area contributed by atoms with Crippen LogP contribution in [0.2, 0.25) is 0 Å². The zero-order valence-electron chi connectivity index (χ0n) is 12.2. The van der Waals surface area contributed by atoms with Gasteiger partial charge in [0, 0.05) is 43.3 Å². The number of likely N-dealkylation sites (tertiary alicyclic amines) is 1. The number of aromatic nitrogens is 3. The Hall–Kier alpha value is -1.51. The van der Waals surface area contributed by atoms with Gasteiger partial charge in [0.05, 0.1) is 5.25 Å². The number of sulfonamides is 1. The lowest BCUT2D eigenvalue weighted by molar-refractivity contribution is 0.332. The lowest BCUT2D eigenvalue weighted by Crippen LogP contribution is -2.37. The van der Waals surface area contributed by atoms with E-state index in [2.05, 4.69) is 24.6 Å². The zero-order valence-corrected chi connectivity index (χ0v) is 13.0. The minimum Gasteiger partial charge on any atom is -0.344 e. The van der Waals surface area contributed by atoms with Crippen LogP contribution in [0.15, 0.2) is 18.6 Å². The van der Waals surface area contributed by atoms with Gasteiger partial charge >= 0.3 is 0 Å². The van der Waals surface area contributed by atoms with Gasteiger partial charge in [-0.25, -0.2) is 18.1 Å². The molecule has 7 nitrogen and oxygen atoms in total. The highest BCUT2D eigenvalue weighted by Crippen LogP contribution is 2.25. The van der Waals surface area contributed by atoms with Gasteiger partial charge in [0.25, 0.3) is 0 Å². The first-order valence-electron chi connectivity index (χ1n) is 7.62. The van der Waals surface area contributed by atoms with E-state index in [9.17, 15) is 8.42 Å². The number of nitrogens with one attached hydrogen (secondary N) is 2. The largest absolute Gasteiger partial charge is 0.344 e. The summed E-state index contributed by atoms with van der Waals surface area (Å²) in [5.41, 5.74) is 2.71. The molecule has 2 N–H and O–H groups in total. The number of aromatic amines is 1. The zero-order chi connectivity index (χ0) is 15.2. The van der Waals surface area contributed by atoms with Crippen molar-refractivity contribution in [1.82, 2.24) is 24.6 Å². The van der Waals surface area contributed by atoms with Crippen molar-refractivity contribution >= 4 is 21.2 Å². The topological polar surface area (TPSA) is 91.0 Å². The van der Waals surface area contributed by atoms with Gasteiger partial charge in [0.2, 0.25) is 10.0 Å².